The maximum Gasteiger partial charge on any atom is 0.0807 e. The molecule has 0 saturated heterocycles. The smallest absolute Gasteiger partial charge is 0.0807 e. The first-order chi connectivity index (χ1) is 8.33. The quantitative estimate of drug-likeness (QED) is 0.856. The highest BCUT2D eigenvalue weighted by Crippen LogP contribution is 2.30. The van der Waals surface area contributed by atoms with Crippen LogP contribution in [0.3, 0.4) is 0 Å². The molecule has 3 rings (SSSR count). The largest absolute Gasteiger partial charge is 0.388 e. The molecule has 0 bridgehead atoms. The second-order valence-electron chi connectivity index (χ2n) is 4.68. The topological polar surface area (TPSA) is 38.0 Å². The van der Waals surface area contributed by atoms with E-state index in [2.05, 4.69) is 28.0 Å². The SMILES string of the molecule is OC1CCCc2cn(Cc3cccnc3)cc21. The number of pyridine rings is 1. The van der Waals surface area contributed by atoms with E-state index in [0.29, 0.717) is 0 Å². The van der Waals surface area contributed by atoms with Gasteiger partial charge in [-0.3, -0.25) is 4.98 Å². The van der Waals surface area contributed by atoms with E-state index in [1.54, 1.807) is 6.20 Å². The molecule has 1 aliphatic carbocycles. The van der Waals surface area contributed by atoms with Crippen LogP contribution < -0.4 is 0 Å². The molecule has 0 saturated carbocycles. The van der Waals surface area contributed by atoms with Crippen LogP contribution in [0.1, 0.15) is 35.6 Å². The minimum absolute atomic E-state index is 0.270. The Morgan fingerprint density at radius 3 is 3.12 bits per heavy atom. The molecule has 1 atom stereocenters. The summed E-state index contributed by atoms with van der Waals surface area (Å²) in [5, 5.41) is 9.92. The first-order valence-electron chi connectivity index (χ1n) is 6.08. The third-order valence-electron chi connectivity index (χ3n) is 3.37. The molecule has 3 heteroatoms. The van der Waals surface area contributed by atoms with E-state index in [-0.39, 0.29) is 6.10 Å². The van der Waals surface area contributed by atoms with Crippen LogP contribution in [0.15, 0.2) is 36.9 Å². The van der Waals surface area contributed by atoms with Crippen molar-refractivity contribution in [1.29, 1.82) is 0 Å². The van der Waals surface area contributed by atoms with E-state index in [0.717, 1.165) is 31.4 Å². The van der Waals surface area contributed by atoms with E-state index in [1.165, 1.54) is 11.1 Å². The van der Waals surface area contributed by atoms with Crippen molar-refractivity contribution in [3.05, 3.63) is 53.6 Å². The van der Waals surface area contributed by atoms with Gasteiger partial charge < -0.3 is 9.67 Å². The van der Waals surface area contributed by atoms with Crippen molar-refractivity contribution < 1.29 is 5.11 Å². The van der Waals surface area contributed by atoms with Gasteiger partial charge in [-0.25, -0.2) is 0 Å². The number of aliphatic hydroxyl groups is 1. The lowest BCUT2D eigenvalue weighted by Crippen LogP contribution is -2.05. The number of hydrogen-bond acceptors (Lipinski definition) is 2. The van der Waals surface area contributed by atoms with E-state index in [4.69, 9.17) is 0 Å². The highest BCUT2D eigenvalue weighted by atomic mass is 16.3. The molecular weight excluding hydrogens is 212 g/mol. The molecule has 1 N–H and O–H groups in total. The van der Waals surface area contributed by atoms with Crippen molar-refractivity contribution in [3.8, 4) is 0 Å². The molecule has 17 heavy (non-hydrogen) atoms. The van der Waals surface area contributed by atoms with E-state index in [1.807, 2.05) is 12.3 Å². The van der Waals surface area contributed by atoms with Gasteiger partial charge in [0.15, 0.2) is 0 Å². The van der Waals surface area contributed by atoms with Crippen LogP contribution in [0.5, 0.6) is 0 Å². The molecule has 0 radical (unpaired) electrons. The molecule has 1 unspecified atom stereocenters. The summed E-state index contributed by atoms with van der Waals surface area (Å²) in [6.45, 7) is 0.827. The molecule has 2 heterocycles. The maximum atomic E-state index is 9.92. The normalized spacial score (nSPS) is 19.0. The molecule has 0 fully saturated rings. The van der Waals surface area contributed by atoms with Crippen LogP contribution in [-0.4, -0.2) is 14.7 Å². The van der Waals surface area contributed by atoms with Crippen LogP contribution in [0.4, 0.5) is 0 Å². The summed E-state index contributed by atoms with van der Waals surface area (Å²) in [4.78, 5) is 4.11. The number of aliphatic hydroxyl groups excluding tert-OH is 1. The van der Waals surface area contributed by atoms with Crippen molar-refractivity contribution in [2.24, 2.45) is 0 Å². The molecule has 88 valence electrons. The van der Waals surface area contributed by atoms with Crippen LogP contribution in [0, 0.1) is 0 Å². The van der Waals surface area contributed by atoms with Crippen LogP contribution >= 0.6 is 0 Å². The van der Waals surface area contributed by atoms with Crippen LogP contribution in [0.25, 0.3) is 0 Å². The van der Waals surface area contributed by atoms with E-state index < -0.39 is 0 Å². The predicted molar refractivity (Wildman–Crippen MR) is 65.7 cm³/mol. The Hall–Kier alpha value is -1.61. The van der Waals surface area contributed by atoms with Crippen molar-refractivity contribution in [3.63, 3.8) is 0 Å². The summed E-state index contributed by atoms with van der Waals surface area (Å²) in [7, 11) is 0. The van der Waals surface area contributed by atoms with Crippen LogP contribution in [-0.2, 0) is 13.0 Å². The van der Waals surface area contributed by atoms with Crippen molar-refractivity contribution in [1.82, 2.24) is 9.55 Å². The average Bonchev–Trinajstić information content (AvgIpc) is 2.74. The predicted octanol–water partition coefficient (Wildman–Crippen LogP) is 2.30. The standard InChI is InChI=1S/C14H16N2O/c17-14-5-1-4-12-9-16(10-13(12)14)8-11-3-2-6-15-7-11/h2-3,6-7,9-10,14,17H,1,4-5,8H2. The summed E-state index contributed by atoms with van der Waals surface area (Å²) in [5.41, 5.74) is 3.60. The fraction of sp³-hybridized carbons (Fsp3) is 0.357. The van der Waals surface area contributed by atoms with Gasteiger partial charge in [0, 0.05) is 36.9 Å². The van der Waals surface area contributed by atoms with Gasteiger partial charge in [0.25, 0.3) is 0 Å². The van der Waals surface area contributed by atoms with E-state index in [9.17, 15) is 5.11 Å². The van der Waals surface area contributed by atoms with Crippen molar-refractivity contribution >= 4 is 0 Å². The Labute approximate surface area is 101 Å². The van der Waals surface area contributed by atoms with Gasteiger partial charge in [0.1, 0.15) is 0 Å². The number of nitrogens with zero attached hydrogens (tertiary/aromatic N) is 2. The zero-order chi connectivity index (χ0) is 11.7. The maximum absolute atomic E-state index is 9.92. The average molecular weight is 228 g/mol. The lowest BCUT2D eigenvalue weighted by atomic mass is 9.93. The molecule has 1 aliphatic rings. The van der Waals surface area contributed by atoms with Gasteiger partial charge in [-0.2, -0.15) is 0 Å². The molecule has 0 aromatic carbocycles. The second-order valence-corrected chi connectivity index (χ2v) is 4.68. The van der Waals surface area contributed by atoms with Crippen LogP contribution in [0.2, 0.25) is 0 Å². The zero-order valence-electron chi connectivity index (χ0n) is 9.71. The lowest BCUT2D eigenvalue weighted by molar-refractivity contribution is 0.157. The Morgan fingerprint density at radius 1 is 1.41 bits per heavy atom. The van der Waals surface area contributed by atoms with Gasteiger partial charge >= 0.3 is 0 Å². The van der Waals surface area contributed by atoms with Crippen molar-refractivity contribution in [2.45, 2.75) is 31.9 Å². The molecular formula is C14H16N2O. The lowest BCUT2D eigenvalue weighted by Gasteiger charge is -2.16. The monoisotopic (exact) mass is 228 g/mol. The third-order valence-corrected chi connectivity index (χ3v) is 3.37. The molecule has 2 aromatic heterocycles. The summed E-state index contributed by atoms with van der Waals surface area (Å²) in [6.07, 6.45) is 10.7. The minimum atomic E-state index is -0.270. The third kappa shape index (κ3) is 2.11. The highest BCUT2D eigenvalue weighted by molar-refractivity contribution is 5.29. The fourth-order valence-electron chi connectivity index (χ4n) is 2.52. The summed E-state index contributed by atoms with van der Waals surface area (Å²) in [5.74, 6) is 0. The number of rotatable bonds is 2. The Balaban J connectivity index is 1.85. The highest BCUT2D eigenvalue weighted by Gasteiger charge is 2.19. The number of hydrogen-bond donors (Lipinski definition) is 1. The first-order valence-corrected chi connectivity index (χ1v) is 6.08. The molecule has 0 amide bonds. The number of aryl methyl sites for hydroxylation is 1. The molecule has 0 spiro atoms. The van der Waals surface area contributed by atoms with Gasteiger partial charge in [-0.05, 0) is 36.5 Å². The number of aromatic nitrogens is 2. The molecule has 3 nitrogen and oxygen atoms in total. The minimum Gasteiger partial charge on any atom is -0.388 e. The van der Waals surface area contributed by atoms with Gasteiger partial charge in [-0.1, -0.05) is 6.07 Å². The van der Waals surface area contributed by atoms with Gasteiger partial charge in [0.2, 0.25) is 0 Å². The number of fused-ring (bicyclic) bond motifs is 1. The van der Waals surface area contributed by atoms with Gasteiger partial charge in [0.05, 0.1) is 6.10 Å². The Kier molecular flexibility index (Phi) is 2.69. The molecule has 0 aliphatic heterocycles. The Morgan fingerprint density at radius 2 is 2.35 bits per heavy atom. The summed E-state index contributed by atoms with van der Waals surface area (Å²) in [6, 6.07) is 4.02. The summed E-state index contributed by atoms with van der Waals surface area (Å²) < 4.78 is 2.15. The molecule has 2 aromatic rings. The van der Waals surface area contributed by atoms with Crippen molar-refractivity contribution in [2.75, 3.05) is 0 Å². The van der Waals surface area contributed by atoms with E-state index >= 15 is 0 Å². The van der Waals surface area contributed by atoms with Gasteiger partial charge in [-0.15, -0.1) is 0 Å². The zero-order valence-corrected chi connectivity index (χ0v) is 9.71. The first kappa shape index (κ1) is 10.5. The second kappa shape index (κ2) is 4.34. The fourth-order valence-corrected chi connectivity index (χ4v) is 2.52. The Bertz CT molecular complexity index is 504. The summed E-state index contributed by atoms with van der Waals surface area (Å²) >= 11 is 0.